The predicted molar refractivity (Wildman–Crippen MR) is 67.5 cm³/mol. The summed E-state index contributed by atoms with van der Waals surface area (Å²) in [6.45, 7) is 6.33. The van der Waals surface area contributed by atoms with E-state index in [-0.39, 0.29) is 11.5 Å². The zero-order valence-electron chi connectivity index (χ0n) is 11.2. The lowest BCUT2D eigenvalue weighted by molar-refractivity contribution is -0.137. The van der Waals surface area contributed by atoms with Crippen LogP contribution >= 0.6 is 0 Å². The van der Waals surface area contributed by atoms with Gasteiger partial charge in [0.05, 0.1) is 5.56 Å². The van der Waals surface area contributed by atoms with Crippen LogP contribution in [-0.4, -0.2) is 13.1 Å². The van der Waals surface area contributed by atoms with E-state index >= 15 is 0 Å². The minimum absolute atomic E-state index is 0.0669. The maximum Gasteiger partial charge on any atom is 0.416 e. The lowest BCUT2D eigenvalue weighted by atomic mass is 9.83. The van der Waals surface area contributed by atoms with Crippen molar-refractivity contribution in [1.82, 2.24) is 5.32 Å². The first-order valence-corrected chi connectivity index (χ1v) is 5.98. The zero-order valence-corrected chi connectivity index (χ0v) is 11.2. The molecule has 1 rings (SSSR count). The molecule has 0 aromatic heterocycles. The summed E-state index contributed by atoms with van der Waals surface area (Å²) in [6.07, 6.45) is -3.54. The van der Waals surface area contributed by atoms with E-state index in [1.54, 1.807) is 12.1 Å². The molecule has 0 aliphatic heterocycles. The van der Waals surface area contributed by atoms with Gasteiger partial charge in [0, 0.05) is 6.04 Å². The van der Waals surface area contributed by atoms with E-state index in [0.717, 1.165) is 24.1 Å². The SMILES string of the molecule is CNC(Cc1ccc(C(F)(F)F)cc1)C(C)(C)C. The van der Waals surface area contributed by atoms with Gasteiger partial charge in [0.25, 0.3) is 0 Å². The average molecular weight is 259 g/mol. The molecule has 0 radical (unpaired) electrons. The van der Waals surface area contributed by atoms with Crippen molar-refractivity contribution in [1.29, 1.82) is 0 Å². The fraction of sp³-hybridized carbons (Fsp3) is 0.571. The first kappa shape index (κ1) is 15.0. The molecule has 1 aromatic rings. The van der Waals surface area contributed by atoms with Crippen LogP contribution in [0.15, 0.2) is 24.3 Å². The molecule has 0 aliphatic carbocycles. The molecular weight excluding hydrogens is 239 g/mol. The normalized spacial score (nSPS) is 14.6. The molecule has 0 spiro atoms. The van der Waals surface area contributed by atoms with Gasteiger partial charge in [-0.25, -0.2) is 0 Å². The molecule has 18 heavy (non-hydrogen) atoms. The average Bonchev–Trinajstić information content (AvgIpc) is 2.23. The van der Waals surface area contributed by atoms with Crippen molar-refractivity contribution in [2.75, 3.05) is 7.05 Å². The second kappa shape index (κ2) is 5.31. The number of rotatable bonds is 3. The molecule has 0 saturated heterocycles. The van der Waals surface area contributed by atoms with Crippen LogP contribution in [0, 0.1) is 5.41 Å². The van der Waals surface area contributed by atoms with Crippen molar-refractivity contribution in [3.63, 3.8) is 0 Å². The van der Waals surface area contributed by atoms with E-state index in [1.165, 1.54) is 0 Å². The molecular formula is C14H20F3N. The van der Waals surface area contributed by atoms with E-state index < -0.39 is 11.7 Å². The van der Waals surface area contributed by atoms with Crippen LogP contribution in [0.25, 0.3) is 0 Å². The molecule has 4 heteroatoms. The van der Waals surface area contributed by atoms with Crippen LogP contribution in [0.1, 0.15) is 31.9 Å². The van der Waals surface area contributed by atoms with Gasteiger partial charge < -0.3 is 5.32 Å². The summed E-state index contributed by atoms with van der Waals surface area (Å²) in [5.41, 5.74) is 0.387. The summed E-state index contributed by atoms with van der Waals surface area (Å²) in [5, 5.41) is 3.21. The zero-order chi connectivity index (χ0) is 14.0. The van der Waals surface area contributed by atoms with Crippen LogP contribution in [-0.2, 0) is 12.6 Å². The number of likely N-dealkylation sites (N-methyl/N-ethyl adjacent to an activating group) is 1. The van der Waals surface area contributed by atoms with Gasteiger partial charge >= 0.3 is 6.18 Å². The Morgan fingerprint density at radius 3 is 1.89 bits per heavy atom. The highest BCUT2D eigenvalue weighted by Crippen LogP contribution is 2.30. The Bertz CT molecular complexity index is 374. The van der Waals surface area contributed by atoms with Crippen molar-refractivity contribution in [3.8, 4) is 0 Å². The summed E-state index contributed by atoms with van der Waals surface area (Å²) in [7, 11) is 1.88. The van der Waals surface area contributed by atoms with Crippen LogP contribution < -0.4 is 5.32 Å². The van der Waals surface area contributed by atoms with E-state index in [9.17, 15) is 13.2 Å². The molecule has 0 heterocycles. The molecule has 1 atom stereocenters. The van der Waals surface area contributed by atoms with Gasteiger partial charge in [-0.2, -0.15) is 13.2 Å². The smallest absolute Gasteiger partial charge is 0.316 e. The fourth-order valence-electron chi connectivity index (χ4n) is 1.91. The van der Waals surface area contributed by atoms with Crippen LogP contribution in [0.3, 0.4) is 0 Å². The minimum Gasteiger partial charge on any atom is -0.316 e. The Labute approximate surface area is 106 Å². The Morgan fingerprint density at radius 1 is 1.06 bits per heavy atom. The number of hydrogen-bond acceptors (Lipinski definition) is 1. The fourth-order valence-corrected chi connectivity index (χ4v) is 1.91. The summed E-state index contributed by atoms with van der Waals surface area (Å²) >= 11 is 0. The second-order valence-electron chi connectivity index (χ2n) is 5.61. The van der Waals surface area contributed by atoms with E-state index in [0.29, 0.717) is 0 Å². The Hall–Kier alpha value is -1.03. The highest BCUT2D eigenvalue weighted by Gasteiger charge is 2.30. The molecule has 0 aliphatic rings. The number of hydrogen-bond donors (Lipinski definition) is 1. The minimum atomic E-state index is -4.26. The van der Waals surface area contributed by atoms with Gasteiger partial charge in [-0.15, -0.1) is 0 Å². The quantitative estimate of drug-likeness (QED) is 0.868. The van der Waals surface area contributed by atoms with E-state index in [2.05, 4.69) is 26.1 Å². The Morgan fingerprint density at radius 2 is 1.56 bits per heavy atom. The first-order valence-electron chi connectivity index (χ1n) is 5.98. The van der Waals surface area contributed by atoms with Gasteiger partial charge in [0.1, 0.15) is 0 Å². The molecule has 1 nitrogen and oxygen atoms in total. The van der Waals surface area contributed by atoms with Gasteiger partial charge in [-0.3, -0.25) is 0 Å². The number of benzene rings is 1. The van der Waals surface area contributed by atoms with E-state index in [4.69, 9.17) is 0 Å². The second-order valence-corrected chi connectivity index (χ2v) is 5.61. The van der Waals surface area contributed by atoms with Crippen molar-refractivity contribution in [2.45, 2.75) is 39.4 Å². The Balaban J connectivity index is 2.81. The van der Waals surface area contributed by atoms with Crippen molar-refractivity contribution in [3.05, 3.63) is 35.4 Å². The molecule has 0 amide bonds. The van der Waals surface area contributed by atoms with Crippen LogP contribution in [0.5, 0.6) is 0 Å². The lowest BCUT2D eigenvalue weighted by Crippen LogP contribution is -2.39. The number of halogens is 3. The monoisotopic (exact) mass is 259 g/mol. The maximum absolute atomic E-state index is 12.4. The molecule has 0 fully saturated rings. The predicted octanol–water partition coefficient (Wildman–Crippen LogP) is 3.88. The third kappa shape index (κ3) is 4.02. The highest BCUT2D eigenvalue weighted by atomic mass is 19.4. The van der Waals surface area contributed by atoms with Crippen LogP contribution in [0.4, 0.5) is 13.2 Å². The van der Waals surface area contributed by atoms with Crippen molar-refractivity contribution in [2.24, 2.45) is 5.41 Å². The lowest BCUT2D eigenvalue weighted by Gasteiger charge is -2.30. The third-order valence-corrected chi connectivity index (χ3v) is 3.11. The highest BCUT2D eigenvalue weighted by molar-refractivity contribution is 5.25. The summed E-state index contributed by atoms with van der Waals surface area (Å²) in [4.78, 5) is 0. The van der Waals surface area contributed by atoms with Gasteiger partial charge in [-0.1, -0.05) is 32.9 Å². The molecule has 1 N–H and O–H groups in total. The summed E-state index contributed by atoms with van der Waals surface area (Å²) in [6, 6.07) is 5.63. The largest absolute Gasteiger partial charge is 0.416 e. The third-order valence-electron chi connectivity index (χ3n) is 3.11. The van der Waals surface area contributed by atoms with Gasteiger partial charge in [0.2, 0.25) is 0 Å². The molecule has 1 unspecified atom stereocenters. The Kier molecular flexibility index (Phi) is 4.43. The standard InChI is InChI=1S/C14H20F3N/c1-13(2,3)12(18-4)9-10-5-7-11(8-6-10)14(15,16)17/h5-8,12,18H,9H2,1-4H3. The molecule has 102 valence electrons. The number of alkyl halides is 3. The van der Waals surface area contributed by atoms with Crippen LogP contribution in [0.2, 0.25) is 0 Å². The van der Waals surface area contributed by atoms with Gasteiger partial charge in [0.15, 0.2) is 0 Å². The maximum atomic E-state index is 12.4. The van der Waals surface area contributed by atoms with Gasteiger partial charge in [-0.05, 0) is 36.6 Å². The van der Waals surface area contributed by atoms with E-state index in [1.807, 2.05) is 7.05 Å². The summed E-state index contributed by atoms with van der Waals surface area (Å²) in [5.74, 6) is 0. The van der Waals surface area contributed by atoms with Crippen molar-refractivity contribution < 1.29 is 13.2 Å². The topological polar surface area (TPSA) is 12.0 Å². The molecule has 0 bridgehead atoms. The molecule has 1 aromatic carbocycles. The van der Waals surface area contributed by atoms with Crippen molar-refractivity contribution >= 4 is 0 Å². The molecule has 0 saturated carbocycles. The number of nitrogens with one attached hydrogen (secondary N) is 1. The first-order chi connectivity index (χ1) is 8.14. The summed E-state index contributed by atoms with van der Waals surface area (Å²) < 4.78 is 37.3.